The summed E-state index contributed by atoms with van der Waals surface area (Å²) in [5.74, 6) is -0.373. The average molecular weight is 576 g/mol. The molecule has 5 nitrogen and oxygen atoms in total. The van der Waals surface area contributed by atoms with Crippen LogP contribution in [0.1, 0.15) is 81.9 Å². The molecule has 2 aliphatic rings. The van der Waals surface area contributed by atoms with E-state index in [1.54, 1.807) is 12.1 Å². The van der Waals surface area contributed by atoms with E-state index < -0.39 is 5.97 Å². The molecule has 212 valence electrons. The van der Waals surface area contributed by atoms with Crippen molar-refractivity contribution in [2.75, 3.05) is 13.1 Å². The Morgan fingerprint density at radius 2 is 1.55 bits per heavy atom. The highest BCUT2D eigenvalue weighted by Crippen LogP contribution is 2.42. The number of hydrogen-bond donors (Lipinski definition) is 1. The maximum atomic E-state index is 11.4. The maximum Gasteiger partial charge on any atom is 0.335 e. The zero-order valence-electron chi connectivity index (χ0n) is 23.5. The molecule has 0 bridgehead atoms. The Bertz CT molecular complexity index is 1720. The number of fused-ring (bicyclic) bond motifs is 1. The van der Waals surface area contributed by atoms with E-state index in [1.165, 1.54) is 46.1 Å². The van der Waals surface area contributed by atoms with Gasteiger partial charge in [0.05, 0.1) is 22.8 Å². The van der Waals surface area contributed by atoms with Crippen LogP contribution in [0.5, 0.6) is 0 Å². The molecule has 4 aromatic carbocycles. The number of carboxylic acid groups (broad SMARTS) is 1. The minimum atomic E-state index is -0.876. The van der Waals surface area contributed by atoms with Crippen LogP contribution >= 0.6 is 11.6 Å². The van der Waals surface area contributed by atoms with Crippen LogP contribution < -0.4 is 0 Å². The van der Waals surface area contributed by atoms with Crippen molar-refractivity contribution >= 4 is 28.5 Å². The molecular formula is C36H34ClN3O2. The molecule has 0 spiro atoms. The third-order valence-corrected chi connectivity index (χ3v) is 9.13. The number of likely N-dealkylation sites (tertiary alicyclic amines) is 1. The zero-order valence-corrected chi connectivity index (χ0v) is 24.3. The monoisotopic (exact) mass is 575 g/mol. The number of carbonyl (C=O) groups is 1. The molecule has 1 aromatic heterocycles. The Labute approximate surface area is 251 Å². The van der Waals surface area contributed by atoms with Gasteiger partial charge in [-0.3, -0.25) is 9.58 Å². The molecule has 0 amide bonds. The van der Waals surface area contributed by atoms with Gasteiger partial charge in [0.1, 0.15) is 0 Å². The lowest BCUT2D eigenvalue weighted by atomic mass is 9.84. The molecule has 6 heteroatoms. The van der Waals surface area contributed by atoms with Crippen molar-refractivity contribution in [2.45, 2.75) is 50.1 Å². The van der Waals surface area contributed by atoms with Gasteiger partial charge in [0, 0.05) is 28.8 Å². The standard InChI is InChI=1S/C36H34ClN3O2/c37-30-12-9-26(10-13-30)34(25-6-2-1-3-7-25)28-11-16-33-32(22-28)35(38-40(33)31-14-15-31)27-17-19-39(20-18-27)23-24-5-4-8-29(21-24)36(41)42/h1-13,16,21-22,27,31,34H,14-15,17-20,23H2,(H,41,42). The Kier molecular flexibility index (Phi) is 7.31. The van der Waals surface area contributed by atoms with Crippen molar-refractivity contribution in [1.29, 1.82) is 0 Å². The van der Waals surface area contributed by atoms with Gasteiger partial charge in [0.2, 0.25) is 0 Å². The lowest BCUT2D eigenvalue weighted by Gasteiger charge is -2.31. The molecule has 2 fully saturated rings. The Morgan fingerprint density at radius 3 is 2.26 bits per heavy atom. The lowest BCUT2D eigenvalue weighted by Crippen LogP contribution is -2.32. The molecular weight excluding hydrogens is 542 g/mol. The number of aromatic carboxylic acids is 1. The van der Waals surface area contributed by atoms with Gasteiger partial charge < -0.3 is 5.11 Å². The SMILES string of the molecule is O=C(O)c1cccc(CN2CCC(c3nn(C4CC4)c4ccc(C(c5ccccc5)c5ccc(Cl)cc5)cc34)CC2)c1. The largest absolute Gasteiger partial charge is 0.478 e. The third kappa shape index (κ3) is 5.47. The van der Waals surface area contributed by atoms with Crippen LogP contribution in [0.25, 0.3) is 10.9 Å². The summed E-state index contributed by atoms with van der Waals surface area (Å²) in [7, 11) is 0. The molecule has 1 saturated carbocycles. The van der Waals surface area contributed by atoms with Crippen molar-refractivity contribution in [3.8, 4) is 0 Å². The number of piperidine rings is 1. The molecule has 5 aromatic rings. The maximum absolute atomic E-state index is 11.4. The first-order chi connectivity index (χ1) is 20.5. The normalized spacial score (nSPS) is 17.0. The molecule has 2 heterocycles. The highest BCUT2D eigenvalue weighted by atomic mass is 35.5. The Balaban J connectivity index is 1.20. The van der Waals surface area contributed by atoms with Crippen LogP contribution in [0.3, 0.4) is 0 Å². The highest BCUT2D eigenvalue weighted by Gasteiger charge is 2.31. The van der Waals surface area contributed by atoms with Crippen LogP contribution in [0, 0.1) is 0 Å². The van der Waals surface area contributed by atoms with Gasteiger partial charge in [0.15, 0.2) is 0 Å². The van der Waals surface area contributed by atoms with E-state index in [0.29, 0.717) is 17.5 Å². The first-order valence-corrected chi connectivity index (χ1v) is 15.3. The predicted molar refractivity (Wildman–Crippen MR) is 167 cm³/mol. The van der Waals surface area contributed by atoms with Crippen LogP contribution in [-0.4, -0.2) is 38.8 Å². The molecule has 1 N–H and O–H groups in total. The van der Waals surface area contributed by atoms with Crippen LogP contribution in [0.15, 0.2) is 97.1 Å². The second kappa shape index (κ2) is 11.4. The van der Waals surface area contributed by atoms with Gasteiger partial charge in [-0.2, -0.15) is 5.10 Å². The minimum Gasteiger partial charge on any atom is -0.478 e. The van der Waals surface area contributed by atoms with Crippen molar-refractivity contribution in [2.24, 2.45) is 0 Å². The van der Waals surface area contributed by atoms with Crippen LogP contribution in [-0.2, 0) is 6.54 Å². The van der Waals surface area contributed by atoms with Gasteiger partial charge >= 0.3 is 5.97 Å². The summed E-state index contributed by atoms with van der Waals surface area (Å²) in [6.45, 7) is 2.71. The fraction of sp³-hybridized carbons (Fsp3) is 0.278. The van der Waals surface area contributed by atoms with E-state index in [0.717, 1.165) is 43.1 Å². The summed E-state index contributed by atoms with van der Waals surface area (Å²) in [5, 5.41) is 16.7. The molecule has 42 heavy (non-hydrogen) atoms. The Morgan fingerprint density at radius 1 is 0.833 bits per heavy atom. The highest BCUT2D eigenvalue weighted by molar-refractivity contribution is 6.30. The summed E-state index contributed by atoms with van der Waals surface area (Å²) < 4.78 is 2.29. The quantitative estimate of drug-likeness (QED) is 0.189. The van der Waals surface area contributed by atoms with Crippen LogP contribution in [0.2, 0.25) is 5.02 Å². The van der Waals surface area contributed by atoms with Gasteiger partial charge in [0.25, 0.3) is 0 Å². The number of hydrogen-bond acceptors (Lipinski definition) is 3. The van der Waals surface area contributed by atoms with E-state index >= 15 is 0 Å². The number of halogens is 1. The first-order valence-electron chi connectivity index (χ1n) is 14.9. The summed E-state index contributed by atoms with van der Waals surface area (Å²) in [4.78, 5) is 13.9. The molecule has 7 rings (SSSR count). The molecule has 1 unspecified atom stereocenters. The fourth-order valence-corrected chi connectivity index (χ4v) is 6.69. The molecule has 1 aliphatic carbocycles. The van der Waals surface area contributed by atoms with Gasteiger partial charge in [-0.15, -0.1) is 0 Å². The topological polar surface area (TPSA) is 58.4 Å². The number of aromatic nitrogens is 2. The summed E-state index contributed by atoms with van der Waals surface area (Å²) in [6.07, 6.45) is 4.48. The number of carboxylic acids is 1. The zero-order chi connectivity index (χ0) is 28.6. The molecule has 1 saturated heterocycles. The van der Waals surface area contributed by atoms with Gasteiger partial charge in [-0.25, -0.2) is 4.79 Å². The number of rotatable bonds is 8. The van der Waals surface area contributed by atoms with Crippen molar-refractivity contribution in [3.63, 3.8) is 0 Å². The van der Waals surface area contributed by atoms with E-state index in [1.807, 2.05) is 24.3 Å². The van der Waals surface area contributed by atoms with E-state index in [2.05, 4.69) is 70.2 Å². The second-order valence-corrected chi connectivity index (χ2v) is 12.2. The lowest BCUT2D eigenvalue weighted by molar-refractivity contribution is 0.0696. The summed E-state index contributed by atoms with van der Waals surface area (Å²) in [5.41, 5.74) is 7.62. The third-order valence-electron chi connectivity index (χ3n) is 8.88. The average Bonchev–Trinajstić information content (AvgIpc) is 3.80. The van der Waals surface area contributed by atoms with E-state index in [-0.39, 0.29) is 5.92 Å². The predicted octanol–water partition coefficient (Wildman–Crippen LogP) is 8.28. The molecule has 0 radical (unpaired) electrons. The van der Waals surface area contributed by atoms with Gasteiger partial charge in [-0.05, 0) is 97.4 Å². The van der Waals surface area contributed by atoms with Crippen molar-refractivity contribution < 1.29 is 9.90 Å². The first kappa shape index (κ1) is 26.9. The van der Waals surface area contributed by atoms with E-state index in [9.17, 15) is 9.90 Å². The fourth-order valence-electron chi connectivity index (χ4n) is 6.56. The summed E-state index contributed by atoms with van der Waals surface area (Å²) in [6, 6.07) is 33.7. The second-order valence-electron chi connectivity index (χ2n) is 11.8. The van der Waals surface area contributed by atoms with Crippen molar-refractivity contribution in [1.82, 2.24) is 14.7 Å². The Hall–Kier alpha value is -3.93. The van der Waals surface area contributed by atoms with Crippen molar-refractivity contribution in [3.05, 3.63) is 136 Å². The number of nitrogens with zero attached hydrogens (tertiary/aromatic N) is 3. The van der Waals surface area contributed by atoms with E-state index in [4.69, 9.17) is 16.7 Å². The molecule has 1 aliphatic heterocycles. The van der Waals surface area contributed by atoms with Crippen LogP contribution in [0.4, 0.5) is 0 Å². The van der Waals surface area contributed by atoms with Gasteiger partial charge in [-0.1, -0.05) is 72.3 Å². The molecule has 1 atom stereocenters. The smallest absolute Gasteiger partial charge is 0.335 e. The minimum absolute atomic E-state index is 0.105. The number of benzene rings is 4. The summed E-state index contributed by atoms with van der Waals surface area (Å²) >= 11 is 6.27.